The smallest absolute Gasteiger partial charge is 0.314 e. The Balaban J connectivity index is 2.52. The fraction of sp³-hybridized carbons (Fsp3) is 0.500. The van der Waals surface area contributed by atoms with E-state index in [1.165, 1.54) is 6.92 Å². The average Bonchev–Trinajstić information content (AvgIpc) is 2.46. The van der Waals surface area contributed by atoms with E-state index in [2.05, 4.69) is 0 Å². The summed E-state index contributed by atoms with van der Waals surface area (Å²) >= 11 is 0. The van der Waals surface area contributed by atoms with Crippen LogP contribution < -0.4 is 4.74 Å². The Bertz CT molecular complexity index is 595. The molecule has 6 nitrogen and oxygen atoms in total. The van der Waals surface area contributed by atoms with Gasteiger partial charge in [0.15, 0.2) is 0 Å². The minimum atomic E-state index is -0.509. The van der Waals surface area contributed by atoms with E-state index in [4.69, 9.17) is 9.47 Å². The third-order valence-electron chi connectivity index (χ3n) is 4.01. The quantitative estimate of drug-likeness (QED) is 0.642. The van der Waals surface area contributed by atoms with E-state index in [9.17, 15) is 19.8 Å². The molecule has 1 aromatic carbocycles. The van der Waals surface area contributed by atoms with Gasteiger partial charge in [-0.1, -0.05) is 6.92 Å². The van der Waals surface area contributed by atoms with Gasteiger partial charge in [-0.05, 0) is 30.2 Å². The summed E-state index contributed by atoms with van der Waals surface area (Å²) in [6.45, 7) is 4.26. The van der Waals surface area contributed by atoms with E-state index in [1.54, 1.807) is 26.0 Å². The molecule has 0 fully saturated rings. The van der Waals surface area contributed by atoms with Gasteiger partial charge >= 0.3 is 11.9 Å². The molecule has 2 N–H and O–H groups in total. The van der Waals surface area contributed by atoms with Crippen LogP contribution in [0.2, 0.25) is 0 Å². The second-order valence-corrected chi connectivity index (χ2v) is 5.53. The Morgan fingerprint density at radius 2 is 1.91 bits per heavy atom. The van der Waals surface area contributed by atoms with Gasteiger partial charge in [-0.3, -0.25) is 9.59 Å². The zero-order valence-electron chi connectivity index (χ0n) is 12.8. The zero-order valence-corrected chi connectivity index (χ0v) is 12.8. The second-order valence-electron chi connectivity index (χ2n) is 5.53. The van der Waals surface area contributed by atoms with Crippen molar-refractivity contribution >= 4 is 11.9 Å². The standard InChI is InChI=1S/C16H20O6/c1-8-15(9(2)21-10(3)19)13-4-11(6-17)12(7-18)5-14(13)22-16(8)20/h4-5,8-9,15,17-18H,6-7H2,1-3H3. The maximum absolute atomic E-state index is 12.0. The van der Waals surface area contributed by atoms with E-state index < -0.39 is 24.0 Å². The lowest BCUT2D eigenvalue weighted by Gasteiger charge is -2.34. The first kappa shape index (κ1) is 16.5. The highest BCUT2D eigenvalue weighted by atomic mass is 16.5. The first-order chi connectivity index (χ1) is 10.4. The molecule has 0 aliphatic carbocycles. The molecule has 6 heteroatoms. The van der Waals surface area contributed by atoms with Gasteiger partial charge in [0.2, 0.25) is 0 Å². The number of carbonyl (C=O) groups is 2. The van der Waals surface area contributed by atoms with E-state index in [0.717, 1.165) is 0 Å². The molecule has 1 heterocycles. The van der Waals surface area contributed by atoms with Crippen molar-refractivity contribution in [2.24, 2.45) is 5.92 Å². The van der Waals surface area contributed by atoms with Crippen molar-refractivity contribution in [1.29, 1.82) is 0 Å². The van der Waals surface area contributed by atoms with Gasteiger partial charge in [-0.15, -0.1) is 0 Å². The van der Waals surface area contributed by atoms with Crippen LogP contribution in [-0.2, 0) is 27.5 Å². The van der Waals surface area contributed by atoms with Crippen molar-refractivity contribution in [2.45, 2.75) is 46.0 Å². The highest BCUT2D eigenvalue weighted by molar-refractivity contribution is 5.79. The fourth-order valence-electron chi connectivity index (χ4n) is 2.94. The summed E-state index contributed by atoms with van der Waals surface area (Å²) in [4.78, 5) is 23.2. The predicted octanol–water partition coefficient (Wildman–Crippen LogP) is 1.26. The number of rotatable bonds is 4. The van der Waals surface area contributed by atoms with Crippen LogP contribution in [0.4, 0.5) is 0 Å². The molecule has 0 bridgehead atoms. The van der Waals surface area contributed by atoms with E-state index in [0.29, 0.717) is 22.4 Å². The van der Waals surface area contributed by atoms with Gasteiger partial charge in [-0.25, -0.2) is 0 Å². The monoisotopic (exact) mass is 308 g/mol. The first-order valence-corrected chi connectivity index (χ1v) is 7.15. The van der Waals surface area contributed by atoms with Crippen LogP contribution in [0.25, 0.3) is 0 Å². The molecule has 0 saturated heterocycles. The summed E-state index contributed by atoms with van der Waals surface area (Å²) in [6.07, 6.45) is -0.509. The first-order valence-electron chi connectivity index (χ1n) is 7.15. The number of esters is 2. The van der Waals surface area contributed by atoms with E-state index in [1.807, 2.05) is 0 Å². The zero-order chi connectivity index (χ0) is 16.4. The number of aliphatic hydroxyl groups excluding tert-OH is 2. The van der Waals surface area contributed by atoms with Gasteiger partial charge < -0.3 is 19.7 Å². The molecule has 22 heavy (non-hydrogen) atoms. The number of hydrogen-bond donors (Lipinski definition) is 2. The molecule has 0 saturated carbocycles. The third-order valence-corrected chi connectivity index (χ3v) is 4.01. The molecule has 0 spiro atoms. The Morgan fingerprint density at radius 1 is 1.32 bits per heavy atom. The van der Waals surface area contributed by atoms with Crippen LogP contribution in [-0.4, -0.2) is 28.3 Å². The molecule has 120 valence electrons. The normalized spacial score (nSPS) is 21.8. The molecule has 0 aromatic heterocycles. The minimum absolute atomic E-state index is 0.236. The van der Waals surface area contributed by atoms with Crippen molar-refractivity contribution in [2.75, 3.05) is 0 Å². The van der Waals surface area contributed by atoms with Crippen LogP contribution in [0.5, 0.6) is 5.75 Å². The van der Waals surface area contributed by atoms with Gasteiger partial charge in [0.25, 0.3) is 0 Å². The average molecular weight is 308 g/mol. The minimum Gasteiger partial charge on any atom is -0.462 e. The van der Waals surface area contributed by atoms with Crippen molar-refractivity contribution in [3.63, 3.8) is 0 Å². The molecule has 2 rings (SSSR count). The molecular formula is C16H20O6. The second kappa shape index (κ2) is 6.46. The van der Waals surface area contributed by atoms with E-state index >= 15 is 0 Å². The topological polar surface area (TPSA) is 93.1 Å². The van der Waals surface area contributed by atoms with Crippen molar-refractivity contribution < 1.29 is 29.3 Å². The summed E-state index contributed by atoms with van der Waals surface area (Å²) < 4.78 is 10.5. The Hall–Kier alpha value is -1.92. The maximum Gasteiger partial charge on any atom is 0.314 e. The summed E-state index contributed by atoms with van der Waals surface area (Å²) in [6, 6.07) is 3.26. The predicted molar refractivity (Wildman–Crippen MR) is 77.1 cm³/mol. The van der Waals surface area contributed by atoms with Crippen LogP contribution in [0, 0.1) is 5.92 Å². The molecule has 0 radical (unpaired) electrons. The Kier molecular flexibility index (Phi) is 4.83. The van der Waals surface area contributed by atoms with Crippen LogP contribution in [0.1, 0.15) is 43.4 Å². The van der Waals surface area contributed by atoms with Crippen molar-refractivity contribution in [1.82, 2.24) is 0 Å². The lowest BCUT2D eigenvalue weighted by atomic mass is 9.80. The number of fused-ring (bicyclic) bond motifs is 1. The summed E-state index contributed by atoms with van der Waals surface area (Å²) in [5.41, 5.74) is 1.76. The van der Waals surface area contributed by atoms with Gasteiger partial charge in [0.1, 0.15) is 11.9 Å². The maximum atomic E-state index is 12.0. The van der Waals surface area contributed by atoms with Crippen LogP contribution in [0.15, 0.2) is 12.1 Å². The largest absolute Gasteiger partial charge is 0.462 e. The van der Waals surface area contributed by atoms with Crippen LogP contribution >= 0.6 is 0 Å². The third kappa shape index (κ3) is 2.98. The number of carbonyl (C=O) groups excluding carboxylic acids is 2. The summed E-state index contributed by atoms with van der Waals surface area (Å²) in [5.74, 6) is -1.33. The fourth-order valence-corrected chi connectivity index (χ4v) is 2.94. The molecule has 0 amide bonds. The van der Waals surface area contributed by atoms with Crippen LogP contribution in [0.3, 0.4) is 0 Å². The molecule has 1 aliphatic heterocycles. The van der Waals surface area contributed by atoms with Crippen molar-refractivity contribution in [3.8, 4) is 5.75 Å². The number of benzene rings is 1. The summed E-state index contributed by atoms with van der Waals surface area (Å²) in [5, 5.41) is 18.8. The molecule has 3 unspecified atom stereocenters. The van der Waals surface area contributed by atoms with Crippen molar-refractivity contribution in [3.05, 3.63) is 28.8 Å². The van der Waals surface area contributed by atoms with Gasteiger partial charge in [-0.2, -0.15) is 0 Å². The van der Waals surface area contributed by atoms with E-state index in [-0.39, 0.29) is 19.1 Å². The Labute approximate surface area is 128 Å². The summed E-state index contributed by atoms with van der Waals surface area (Å²) in [7, 11) is 0. The Morgan fingerprint density at radius 3 is 2.45 bits per heavy atom. The lowest BCUT2D eigenvalue weighted by molar-refractivity contribution is -0.152. The molecule has 1 aromatic rings. The highest BCUT2D eigenvalue weighted by Crippen LogP contribution is 2.42. The van der Waals surface area contributed by atoms with Gasteiger partial charge in [0.05, 0.1) is 19.1 Å². The molecule has 1 aliphatic rings. The SMILES string of the molecule is CC(=O)OC(C)C1c2cc(CO)c(CO)cc2OC(=O)C1C. The number of hydrogen-bond acceptors (Lipinski definition) is 6. The highest BCUT2D eigenvalue weighted by Gasteiger charge is 2.39. The number of aliphatic hydroxyl groups is 2. The lowest BCUT2D eigenvalue weighted by Crippen LogP contribution is -2.36. The van der Waals surface area contributed by atoms with Gasteiger partial charge in [0, 0.05) is 18.4 Å². The molecule has 3 atom stereocenters. The molecular weight excluding hydrogens is 288 g/mol. The number of ether oxygens (including phenoxy) is 2.